The molecule has 1 aliphatic heterocycles. The highest BCUT2D eigenvalue weighted by atomic mass is 35.5. The molecule has 0 bridgehead atoms. The van der Waals surface area contributed by atoms with Crippen LogP contribution in [0.2, 0.25) is 0 Å². The van der Waals surface area contributed by atoms with Crippen molar-refractivity contribution < 1.29 is 17.6 Å². The summed E-state index contributed by atoms with van der Waals surface area (Å²) < 4.78 is 27.4. The zero-order valence-electron chi connectivity index (χ0n) is 11.7. The van der Waals surface area contributed by atoms with E-state index >= 15 is 0 Å². The fourth-order valence-corrected chi connectivity index (χ4v) is 2.79. The Balaban J connectivity index is 0.00000220. The van der Waals surface area contributed by atoms with Crippen molar-refractivity contribution in [3.8, 4) is 0 Å². The number of halogens is 1. The van der Waals surface area contributed by atoms with Crippen LogP contribution in [-0.2, 0) is 10.0 Å². The van der Waals surface area contributed by atoms with Gasteiger partial charge in [-0.3, -0.25) is 4.79 Å². The lowest BCUT2D eigenvalue weighted by atomic mass is 10.2. The fraction of sp³-hybridized carbons (Fsp3) is 0.583. The first-order valence-electron chi connectivity index (χ1n) is 6.57. The van der Waals surface area contributed by atoms with E-state index in [0.717, 1.165) is 25.9 Å². The normalized spacial score (nSPS) is 18.3. The van der Waals surface area contributed by atoms with E-state index in [1.165, 1.54) is 12.1 Å². The highest BCUT2D eigenvalue weighted by Crippen LogP contribution is 2.18. The molecule has 9 heteroatoms. The van der Waals surface area contributed by atoms with Crippen LogP contribution in [0, 0.1) is 0 Å². The molecule has 0 radical (unpaired) electrons. The number of hydrogen-bond acceptors (Lipinski definition) is 5. The molecule has 0 aromatic carbocycles. The van der Waals surface area contributed by atoms with Crippen molar-refractivity contribution in [3.05, 3.63) is 17.9 Å². The molecule has 1 fully saturated rings. The summed E-state index contributed by atoms with van der Waals surface area (Å²) >= 11 is 0. The molecule has 2 rings (SSSR count). The van der Waals surface area contributed by atoms with Crippen molar-refractivity contribution in [2.24, 2.45) is 5.14 Å². The van der Waals surface area contributed by atoms with Gasteiger partial charge in [-0.2, -0.15) is 0 Å². The van der Waals surface area contributed by atoms with E-state index in [-0.39, 0.29) is 35.2 Å². The van der Waals surface area contributed by atoms with Gasteiger partial charge in [-0.15, -0.1) is 12.4 Å². The van der Waals surface area contributed by atoms with Crippen LogP contribution in [0.1, 0.15) is 30.3 Å². The third kappa shape index (κ3) is 4.19. The second-order valence-electron chi connectivity index (χ2n) is 4.81. The molecule has 1 aromatic heterocycles. The van der Waals surface area contributed by atoms with Gasteiger partial charge >= 0.3 is 0 Å². The second-order valence-corrected chi connectivity index (χ2v) is 6.30. The third-order valence-corrected chi connectivity index (χ3v) is 4.05. The number of amides is 1. The quantitative estimate of drug-likeness (QED) is 0.816. The van der Waals surface area contributed by atoms with Crippen LogP contribution in [0.25, 0.3) is 0 Å². The SMILES string of the molecule is CCCN(C(=O)c1ccc(S(N)(=O)=O)o1)C1CCNC1.Cl. The first-order chi connectivity index (χ1) is 9.43. The summed E-state index contributed by atoms with van der Waals surface area (Å²) in [7, 11) is -3.92. The maximum Gasteiger partial charge on any atom is 0.289 e. The zero-order chi connectivity index (χ0) is 14.8. The lowest BCUT2D eigenvalue weighted by Crippen LogP contribution is -2.41. The standard InChI is InChI=1S/C12H19N3O4S.ClH/c1-2-7-15(9-5-6-14-8-9)12(16)10-3-4-11(19-10)20(13,17)18;/h3-4,9,14H,2,5-8H2,1H3,(H2,13,17,18);1H. The van der Waals surface area contributed by atoms with Crippen molar-refractivity contribution in [2.75, 3.05) is 19.6 Å². The van der Waals surface area contributed by atoms with Crippen LogP contribution in [0.4, 0.5) is 0 Å². The Hall–Kier alpha value is -1.09. The van der Waals surface area contributed by atoms with Crippen molar-refractivity contribution in [1.29, 1.82) is 0 Å². The van der Waals surface area contributed by atoms with Gasteiger partial charge in [-0.05, 0) is 31.5 Å². The van der Waals surface area contributed by atoms with E-state index in [2.05, 4.69) is 5.32 Å². The molecule has 21 heavy (non-hydrogen) atoms. The number of furan rings is 1. The number of carbonyl (C=O) groups is 1. The third-order valence-electron chi connectivity index (χ3n) is 3.27. The number of nitrogens with zero attached hydrogens (tertiary/aromatic N) is 1. The number of rotatable bonds is 5. The van der Waals surface area contributed by atoms with Gasteiger partial charge in [0.15, 0.2) is 5.76 Å². The number of sulfonamides is 1. The highest BCUT2D eigenvalue weighted by molar-refractivity contribution is 7.89. The van der Waals surface area contributed by atoms with E-state index in [4.69, 9.17) is 9.56 Å². The molecule has 1 unspecified atom stereocenters. The van der Waals surface area contributed by atoms with Crippen molar-refractivity contribution >= 4 is 28.3 Å². The lowest BCUT2D eigenvalue weighted by Gasteiger charge is -2.27. The Morgan fingerprint density at radius 2 is 2.24 bits per heavy atom. The predicted octanol–water partition coefficient (Wildman–Crippen LogP) is 0.563. The lowest BCUT2D eigenvalue weighted by molar-refractivity contribution is 0.0654. The smallest absolute Gasteiger partial charge is 0.289 e. The number of carbonyl (C=O) groups excluding carboxylic acids is 1. The summed E-state index contributed by atoms with van der Waals surface area (Å²) in [6.07, 6.45) is 1.71. The van der Waals surface area contributed by atoms with E-state index in [1.807, 2.05) is 6.92 Å². The van der Waals surface area contributed by atoms with Crippen LogP contribution >= 0.6 is 12.4 Å². The van der Waals surface area contributed by atoms with Crippen LogP contribution in [0.15, 0.2) is 21.6 Å². The number of primary sulfonamides is 1. The van der Waals surface area contributed by atoms with Crippen LogP contribution in [0.5, 0.6) is 0 Å². The van der Waals surface area contributed by atoms with Gasteiger partial charge < -0.3 is 14.6 Å². The van der Waals surface area contributed by atoms with Crippen molar-refractivity contribution in [3.63, 3.8) is 0 Å². The summed E-state index contributed by atoms with van der Waals surface area (Å²) in [6, 6.07) is 2.68. The molecule has 1 aromatic rings. The summed E-state index contributed by atoms with van der Waals surface area (Å²) in [5.41, 5.74) is 0. The minimum absolute atomic E-state index is 0. The summed E-state index contributed by atoms with van der Waals surface area (Å²) in [4.78, 5) is 14.2. The molecule has 1 atom stereocenters. The van der Waals surface area contributed by atoms with Gasteiger partial charge in [0.05, 0.1) is 0 Å². The minimum Gasteiger partial charge on any atom is -0.438 e. The molecule has 7 nitrogen and oxygen atoms in total. The van der Waals surface area contributed by atoms with Crippen molar-refractivity contribution in [2.45, 2.75) is 30.9 Å². The minimum atomic E-state index is -3.92. The van der Waals surface area contributed by atoms with Crippen molar-refractivity contribution in [1.82, 2.24) is 10.2 Å². The molecular weight excluding hydrogens is 318 g/mol. The van der Waals surface area contributed by atoms with Crippen LogP contribution in [-0.4, -0.2) is 44.9 Å². The first-order valence-corrected chi connectivity index (χ1v) is 8.12. The van der Waals surface area contributed by atoms with Gasteiger partial charge in [0.1, 0.15) is 0 Å². The molecule has 3 N–H and O–H groups in total. The molecule has 0 saturated carbocycles. The van der Waals surface area contributed by atoms with E-state index in [9.17, 15) is 13.2 Å². The molecule has 0 spiro atoms. The summed E-state index contributed by atoms with van der Waals surface area (Å²) in [6.45, 7) is 4.21. The van der Waals surface area contributed by atoms with Gasteiger partial charge in [0.2, 0.25) is 5.09 Å². The van der Waals surface area contributed by atoms with Gasteiger partial charge in [0, 0.05) is 19.1 Å². The Morgan fingerprint density at radius 1 is 1.52 bits per heavy atom. The Kier molecular flexibility index (Phi) is 6.21. The number of nitrogens with two attached hydrogens (primary N) is 1. The summed E-state index contributed by atoms with van der Waals surface area (Å²) in [5.74, 6) is -0.287. The average molecular weight is 338 g/mol. The average Bonchev–Trinajstić information content (AvgIpc) is 3.04. The Morgan fingerprint density at radius 3 is 2.71 bits per heavy atom. The maximum absolute atomic E-state index is 12.4. The number of hydrogen-bond donors (Lipinski definition) is 2. The molecule has 1 aliphatic rings. The molecule has 120 valence electrons. The predicted molar refractivity (Wildman–Crippen MR) is 79.9 cm³/mol. The van der Waals surface area contributed by atoms with Gasteiger partial charge in [-0.25, -0.2) is 13.6 Å². The molecule has 1 saturated heterocycles. The highest BCUT2D eigenvalue weighted by Gasteiger charge is 2.29. The van der Waals surface area contributed by atoms with E-state index < -0.39 is 10.0 Å². The summed E-state index contributed by atoms with van der Waals surface area (Å²) in [5, 5.41) is 7.79. The van der Waals surface area contributed by atoms with Gasteiger partial charge in [0.25, 0.3) is 15.9 Å². The second kappa shape index (κ2) is 7.26. The topological polar surface area (TPSA) is 106 Å². The largest absolute Gasteiger partial charge is 0.438 e. The fourth-order valence-electron chi connectivity index (χ4n) is 2.33. The van der Waals surface area contributed by atoms with Gasteiger partial charge in [-0.1, -0.05) is 6.92 Å². The maximum atomic E-state index is 12.4. The molecular formula is C12H20ClN3O4S. The Labute approximate surface area is 130 Å². The number of nitrogens with one attached hydrogen (secondary N) is 1. The van der Waals surface area contributed by atoms with Crippen LogP contribution in [0.3, 0.4) is 0 Å². The van der Waals surface area contributed by atoms with Crippen LogP contribution < -0.4 is 10.5 Å². The molecule has 2 heterocycles. The zero-order valence-corrected chi connectivity index (χ0v) is 13.4. The molecule has 1 amide bonds. The monoisotopic (exact) mass is 337 g/mol. The first kappa shape index (κ1) is 18.0. The van der Waals surface area contributed by atoms with E-state index in [1.54, 1.807) is 4.90 Å². The van der Waals surface area contributed by atoms with E-state index in [0.29, 0.717) is 6.54 Å². The molecule has 0 aliphatic carbocycles. The Bertz CT molecular complexity index is 581.